The van der Waals surface area contributed by atoms with Gasteiger partial charge < -0.3 is 4.74 Å². The summed E-state index contributed by atoms with van der Waals surface area (Å²) >= 11 is 0. The Morgan fingerprint density at radius 2 is 1.50 bits per heavy atom. The Balaban J connectivity index is 0. The van der Waals surface area contributed by atoms with Crippen LogP contribution >= 0.6 is 0 Å². The van der Waals surface area contributed by atoms with E-state index in [0.717, 1.165) is 13.8 Å². The van der Waals surface area contributed by atoms with Crippen molar-refractivity contribution in [3.8, 4) is 0 Å². The summed E-state index contributed by atoms with van der Waals surface area (Å²) in [4.78, 5) is 30.2. The minimum atomic E-state index is -1.11. The number of esters is 2. The van der Waals surface area contributed by atoms with E-state index in [9.17, 15) is 14.4 Å². The summed E-state index contributed by atoms with van der Waals surface area (Å²) in [5.41, 5.74) is 0. The van der Waals surface area contributed by atoms with E-state index in [1.807, 2.05) is 0 Å². The SMILES string of the molecule is CC(=O)OC(=O)C(C)=O.[CaH2]. The molecule has 10 heavy (non-hydrogen) atoms. The number of hydrogen-bond acceptors (Lipinski definition) is 4. The van der Waals surface area contributed by atoms with E-state index in [0.29, 0.717) is 0 Å². The number of carbonyl (C=O) groups excluding carboxylic acids is 3. The van der Waals surface area contributed by atoms with Gasteiger partial charge in [0.15, 0.2) is 0 Å². The predicted octanol–water partition coefficient (Wildman–Crippen LogP) is -1.25. The molecule has 0 radical (unpaired) electrons. The third-order valence-corrected chi connectivity index (χ3v) is 0.524. The Bertz CT molecular complexity index is 163. The Morgan fingerprint density at radius 3 is 1.60 bits per heavy atom. The molecule has 0 amide bonds. The van der Waals surface area contributed by atoms with E-state index in [-0.39, 0.29) is 37.7 Å². The maximum absolute atomic E-state index is 10.2. The van der Waals surface area contributed by atoms with Gasteiger partial charge >= 0.3 is 49.7 Å². The van der Waals surface area contributed by atoms with Crippen molar-refractivity contribution in [2.45, 2.75) is 13.8 Å². The van der Waals surface area contributed by atoms with Crippen LogP contribution in [0.25, 0.3) is 0 Å². The van der Waals surface area contributed by atoms with Crippen molar-refractivity contribution in [3.05, 3.63) is 0 Å². The monoisotopic (exact) mass is 172 g/mol. The molecule has 0 N–H and O–H groups in total. The summed E-state index contributed by atoms with van der Waals surface area (Å²) in [6.45, 7) is 2.09. The van der Waals surface area contributed by atoms with Gasteiger partial charge in [-0.15, -0.1) is 0 Å². The van der Waals surface area contributed by atoms with E-state index < -0.39 is 17.7 Å². The van der Waals surface area contributed by atoms with Gasteiger partial charge in [0.25, 0.3) is 0 Å². The molecule has 0 fully saturated rings. The Kier molecular flexibility index (Phi) is 7.41. The normalized spacial score (nSPS) is 7.40. The first kappa shape index (κ1) is 12.7. The molecule has 0 aromatic rings. The summed E-state index contributed by atoms with van der Waals surface area (Å²) in [6, 6.07) is 0. The molecule has 0 bridgehead atoms. The molecule has 0 rings (SSSR count). The summed E-state index contributed by atoms with van der Waals surface area (Å²) in [7, 11) is 0. The molecule has 0 atom stereocenters. The van der Waals surface area contributed by atoms with Crippen LogP contribution in [0, 0.1) is 0 Å². The van der Waals surface area contributed by atoms with Crippen molar-refractivity contribution in [1.29, 1.82) is 0 Å². The van der Waals surface area contributed by atoms with E-state index >= 15 is 0 Å². The first-order valence-electron chi connectivity index (χ1n) is 2.27. The third-order valence-electron chi connectivity index (χ3n) is 0.524. The van der Waals surface area contributed by atoms with E-state index in [1.54, 1.807) is 0 Å². The molecule has 0 aliphatic carbocycles. The molecule has 0 spiro atoms. The average Bonchev–Trinajstić information content (AvgIpc) is 1.63. The van der Waals surface area contributed by atoms with Gasteiger partial charge in [-0.05, 0) is 0 Å². The van der Waals surface area contributed by atoms with Crippen LogP contribution in [-0.2, 0) is 19.1 Å². The zero-order valence-electron chi connectivity index (χ0n) is 5.13. The summed E-state index contributed by atoms with van der Waals surface area (Å²) in [6.07, 6.45) is 0. The Morgan fingerprint density at radius 1 is 1.10 bits per heavy atom. The molecule has 0 aromatic carbocycles. The molecule has 0 saturated heterocycles. The van der Waals surface area contributed by atoms with Crippen LogP contribution in [0.2, 0.25) is 0 Å². The van der Waals surface area contributed by atoms with Crippen molar-refractivity contribution >= 4 is 55.5 Å². The van der Waals surface area contributed by atoms with Crippen molar-refractivity contribution in [3.63, 3.8) is 0 Å². The van der Waals surface area contributed by atoms with Gasteiger partial charge in [0, 0.05) is 13.8 Å². The van der Waals surface area contributed by atoms with Gasteiger partial charge in [-0.3, -0.25) is 9.59 Å². The molecule has 0 heterocycles. The van der Waals surface area contributed by atoms with Gasteiger partial charge in [0.2, 0.25) is 5.78 Å². The number of rotatable bonds is 1. The maximum atomic E-state index is 10.2. The molecule has 0 unspecified atom stereocenters. The topological polar surface area (TPSA) is 60.4 Å². The van der Waals surface area contributed by atoms with E-state index in [4.69, 9.17) is 0 Å². The second-order valence-electron chi connectivity index (χ2n) is 1.44. The third kappa shape index (κ3) is 6.19. The Labute approximate surface area is 87.9 Å². The second-order valence-corrected chi connectivity index (χ2v) is 1.44. The molecule has 54 valence electrons. The molecule has 5 heteroatoms. The van der Waals surface area contributed by atoms with Crippen LogP contribution in [-0.4, -0.2) is 55.5 Å². The summed E-state index contributed by atoms with van der Waals surface area (Å²) in [5.74, 6) is -2.65. The molecule has 0 aromatic heterocycles. The van der Waals surface area contributed by atoms with Crippen LogP contribution in [0.5, 0.6) is 0 Å². The summed E-state index contributed by atoms with van der Waals surface area (Å²) < 4.78 is 3.88. The fraction of sp³-hybridized carbons (Fsp3) is 0.400. The molecular formula is C5H8CaO4. The number of ether oxygens (including phenoxy) is 1. The van der Waals surface area contributed by atoms with Crippen LogP contribution in [0.15, 0.2) is 0 Å². The number of carbonyl (C=O) groups is 3. The van der Waals surface area contributed by atoms with Crippen LogP contribution in [0.4, 0.5) is 0 Å². The predicted molar refractivity (Wildman–Crippen MR) is 36.0 cm³/mol. The molecule has 0 aliphatic heterocycles. The van der Waals surface area contributed by atoms with Crippen molar-refractivity contribution in [2.24, 2.45) is 0 Å². The molecule has 0 aliphatic rings. The Hall–Kier alpha value is 0.0697. The fourth-order valence-electron chi connectivity index (χ4n) is 0.202. The van der Waals surface area contributed by atoms with Gasteiger partial charge in [-0.25, -0.2) is 4.79 Å². The van der Waals surface area contributed by atoms with Gasteiger partial charge in [-0.2, -0.15) is 0 Å². The van der Waals surface area contributed by atoms with Crippen molar-refractivity contribution in [2.75, 3.05) is 0 Å². The van der Waals surface area contributed by atoms with Crippen LogP contribution < -0.4 is 0 Å². The first-order valence-corrected chi connectivity index (χ1v) is 2.27. The summed E-state index contributed by atoms with van der Waals surface area (Å²) in [5, 5.41) is 0. The van der Waals surface area contributed by atoms with Gasteiger partial charge in [-0.1, -0.05) is 0 Å². The standard InChI is InChI=1S/C5H6O4.Ca.2H/c1-3(6)5(8)9-4(2)7;;;/h1-2H3;;;. The minimum absolute atomic E-state index is 0. The quantitative estimate of drug-likeness (QED) is 0.214. The molecular weight excluding hydrogens is 164 g/mol. The molecule has 0 saturated carbocycles. The molecule has 4 nitrogen and oxygen atoms in total. The zero-order valence-corrected chi connectivity index (χ0v) is 5.13. The van der Waals surface area contributed by atoms with Crippen molar-refractivity contribution in [1.82, 2.24) is 0 Å². The van der Waals surface area contributed by atoms with Crippen molar-refractivity contribution < 1.29 is 19.1 Å². The van der Waals surface area contributed by atoms with E-state index in [2.05, 4.69) is 4.74 Å². The average molecular weight is 172 g/mol. The fourth-order valence-corrected chi connectivity index (χ4v) is 0.202. The van der Waals surface area contributed by atoms with Gasteiger partial charge in [0.05, 0.1) is 0 Å². The van der Waals surface area contributed by atoms with Crippen LogP contribution in [0.1, 0.15) is 13.8 Å². The van der Waals surface area contributed by atoms with E-state index in [1.165, 1.54) is 0 Å². The first-order chi connectivity index (χ1) is 4.04. The number of Topliss-reactive ketones (excluding diaryl/α,β-unsaturated/α-hetero) is 1. The van der Waals surface area contributed by atoms with Crippen LogP contribution in [0.3, 0.4) is 0 Å². The number of ketones is 1. The van der Waals surface area contributed by atoms with Gasteiger partial charge in [0.1, 0.15) is 0 Å². The zero-order chi connectivity index (χ0) is 7.44. The number of hydrogen-bond donors (Lipinski definition) is 0. The second kappa shape index (κ2) is 5.82.